The zero-order valence-corrected chi connectivity index (χ0v) is 10.5. The topological polar surface area (TPSA) is 17.1 Å². The van der Waals surface area contributed by atoms with Crippen molar-refractivity contribution < 1.29 is 4.79 Å². The SMILES string of the molecule is CC(C)CCC1=CC(=O)C(CCCCl)C1. The number of carbonyl (C=O) groups is 1. The molecule has 1 unspecified atom stereocenters. The molecule has 2 heteroatoms. The maximum absolute atomic E-state index is 11.6. The molecule has 0 aliphatic heterocycles. The molecule has 0 heterocycles. The normalized spacial score (nSPS) is 21.2. The van der Waals surface area contributed by atoms with Crippen molar-refractivity contribution in [2.24, 2.45) is 11.8 Å². The van der Waals surface area contributed by atoms with Crippen LogP contribution in [0.4, 0.5) is 0 Å². The molecule has 0 aromatic heterocycles. The molecule has 1 atom stereocenters. The van der Waals surface area contributed by atoms with Gasteiger partial charge < -0.3 is 0 Å². The fourth-order valence-electron chi connectivity index (χ4n) is 2.01. The molecule has 0 aromatic carbocycles. The van der Waals surface area contributed by atoms with Crippen LogP contribution < -0.4 is 0 Å². The van der Waals surface area contributed by atoms with E-state index in [4.69, 9.17) is 11.6 Å². The second-order valence-electron chi connectivity index (χ2n) is 4.87. The third-order valence-corrected chi connectivity index (χ3v) is 3.25. The van der Waals surface area contributed by atoms with E-state index < -0.39 is 0 Å². The monoisotopic (exact) mass is 228 g/mol. The summed E-state index contributed by atoms with van der Waals surface area (Å²) in [6, 6.07) is 0. The van der Waals surface area contributed by atoms with Gasteiger partial charge >= 0.3 is 0 Å². The Kier molecular flexibility index (Phi) is 5.38. The van der Waals surface area contributed by atoms with E-state index in [1.54, 1.807) is 0 Å². The molecule has 0 aromatic rings. The lowest BCUT2D eigenvalue weighted by Crippen LogP contribution is -2.06. The highest BCUT2D eigenvalue weighted by molar-refractivity contribution is 6.17. The van der Waals surface area contributed by atoms with E-state index in [1.165, 1.54) is 12.0 Å². The summed E-state index contributed by atoms with van der Waals surface area (Å²) < 4.78 is 0. The fourth-order valence-corrected chi connectivity index (χ4v) is 2.17. The minimum Gasteiger partial charge on any atom is -0.295 e. The van der Waals surface area contributed by atoms with Crippen LogP contribution in [0.5, 0.6) is 0 Å². The molecule has 0 radical (unpaired) electrons. The first kappa shape index (κ1) is 12.8. The number of halogens is 1. The van der Waals surface area contributed by atoms with Crippen molar-refractivity contribution in [2.75, 3.05) is 5.88 Å². The van der Waals surface area contributed by atoms with E-state index in [-0.39, 0.29) is 5.92 Å². The van der Waals surface area contributed by atoms with E-state index in [2.05, 4.69) is 13.8 Å². The molecular weight excluding hydrogens is 208 g/mol. The highest BCUT2D eigenvalue weighted by Crippen LogP contribution is 2.29. The summed E-state index contributed by atoms with van der Waals surface area (Å²) in [6.07, 6.45) is 7.08. The molecule has 0 fully saturated rings. The third kappa shape index (κ3) is 4.38. The smallest absolute Gasteiger partial charge is 0.159 e. The van der Waals surface area contributed by atoms with Crippen LogP contribution in [-0.4, -0.2) is 11.7 Å². The molecule has 0 N–H and O–H groups in total. The molecule has 1 aliphatic rings. The number of hydrogen-bond acceptors (Lipinski definition) is 1. The number of allylic oxidation sites excluding steroid dienone is 2. The van der Waals surface area contributed by atoms with Gasteiger partial charge in [0, 0.05) is 11.8 Å². The van der Waals surface area contributed by atoms with Crippen molar-refractivity contribution in [1.29, 1.82) is 0 Å². The highest BCUT2D eigenvalue weighted by atomic mass is 35.5. The maximum atomic E-state index is 11.6. The van der Waals surface area contributed by atoms with E-state index >= 15 is 0 Å². The minimum absolute atomic E-state index is 0.242. The summed E-state index contributed by atoms with van der Waals surface area (Å²) in [5.74, 6) is 1.97. The molecule has 0 spiro atoms. The van der Waals surface area contributed by atoms with Crippen LogP contribution in [-0.2, 0) is 4.79 Å². The Hall–Kier alpha value is -0.300. The average Bonchev–Trinajstić information content (AvgIpc) is 2.53. The molecule has 0 bridgehead atoms. The summed E-state index contributed by atoms with van der Waals surface area (Å²) in [5, 5.41) is 0. The lowest BCUT2D eigenvalue weighted by molar-refractivity contribution is -0.117. The van der Waals surface area contributed by atoms with Crippen LogP contribution in [0.1, 0.15) is 46.0 Å². The van der Waals surface area contributed by atoms with Gasteiger partial charge in [-0.25, -0.2) is 0 Å². The van der Waals surface area contributed by atoms with E-state index in [9.17, 15) is 4.79 Å². The number of carbonyl (C=O) groups excluding carboxylic acids is 1. The van der Waals surface area contributed by atoms with Crippen LogP contribution in [0.2, 0.25) is 0 Å². The quantitative estimate of drug-likeness (QED) is 0.629. The largest absolute Gasteiger partial charge is 0.295 e. The number of rotatable bonds is 6. The van der Waals surface area contributed by atoms with Gasteiger partial charge in [-0.3, -0.25) is 4.79 Å². The van der Waals surface area contributed by atoms with Crippen molar-refractivity contribution in [2.45, 2.75) is 46.0 Å². The Bertz CT molecular complexity index is 243. The van der Waals surface area contributed by atoms with Crippen molar-refractivity contribution >= 4 is 17.4 Å². The second-order valence-corrected chi connectivity index (χ2v) is 5.25. The summed E-state index contributed by atoms with van der Waals surface area (Å²) >= 11 is 5.64. The summed E-state index contributed by atoms with van der Waals surface area (Å²) in [5.41, 5.74) is 1.35. The van der Waals surface area contributed by atoms with Crippen LogP contribution in [0.15, 0.2) is 11.6 Å². The predicted molar refractivity (Wildman–Crippen MR) is 65.2 cm³/mol. The highest BCUT2D eigenvalue weighted by Gasteiger charge is 2.24. The van der Waals surface area contributed by atoms with Gasteiger partial charge in [0.05, 0.1) is 0 Å². The maximum Gasteiger partial charge on any atom is 0.159 e. The minimum atomic E-state index is 0.242. The lowest BCUT2D eigenvalue weighted by atomic mass is 9.96. The summed E-state index contributed by atoms with van der Waals surface area (Å²) in [4.78, 5) is 11.6. The Morgan fingerprint density at radius 1 is 1.53 bits per heavy atom. The van der Waals surface area contributed by atoms with Crippen molar-refractivity contribution in [3.05, 3.63) is 11.6 Å². The van der Waals surface area contributed by atoms with Crippen molar-refractivity contribution in [3.8, 4) is 0 Å². The Balaban J connectivity index is 2.32. The van der Waals surface area contributed by atoms with Gasteiger partial charge in [-0.2, -0.15) is 0 Å². The van der Waals surface area contributed by atoms with Crippen LogP contribution >= 0.6 is 11.6 Å². The summed E-state index contributed by atoms with van der Waals surface area (Å²) in [7, 11) is 0. The standard InChI is InChI=1S/C13H21ClO/c1-10(2)5-6-11-8-12(4-3-7-14)13(15)9-11/h9-10,12H,3-8H2,1-2H3. The van der Waals surface area contributed by atoms with Gasteiger partial charge in [-0.05, 0) is 44.1 Å². The van der Waals surface area contributed by atoms with Gasteiger partial charge in [-0.15, -0.1) is 11.6 Å². The van der Waals surface area contributed by atoms with E-state index in [1.807, 2.05) is 6.08 Å². The summed E-state index contributed by atoms with van der Waals surface area (Å²) in [6.45, 7) is 4.45. The Morgan fingerprint density at radius 2 is 2.27 bits per heavy atom. The predicted octanol–water partition coefficient (Wildman–Crippen LogP) is 3.96. The Labute approximate surface area is 97.9 Å². The van der Waals surface area contributed by atoms with Crippen LogP contribution in [0, 0.1) is 11.8 Å². The van der Waals surface area contributed by atoms with Crippen molar-refractivity contribution in [3.63, 3.8) is 0 Å². The molecular formula is C13H21ClO. The van der Waals surface area contributed by atoms with E-state index in [0.29, 0.717) is 11.7 Å². The number of ketones is 1. The average molecular weight is 229 g/mol. The first-order valence-corrected chi connectivity index (χ1v) is 6.46. The number of hydrogen-bond donors (Lipinski definition) is 0. The molecule has 15 heavy (non-hydrogen) atoms. The Morgan fingerprint density at radius 3 is 2.87 bits per heavy atom. The molecule has 1 rings (SSSR count). The van der Waals surface area contributed by atoms with Gasteiger partial charge in [-0.1, -0.05) is 19.4 Å². The molecule has 1 aliphatic carbocycles. The first-order chi connectivity index (χ1) is 7.13. The molecule has 0 amide bonds. The molecule has 0 saturated heterocycles. The van der Waals surface area contributed by atoms with Crippen molar-refractivity contribution in [1.82, 2.24) is 0 Å². The number of alkyl halides is 1. The van der Waals surface area contributed by atoms with Crippen LogP contribution in [0.3, 0.4) is 0 Å². The van der Waals surface area contributed by atoms with E-state index in [0.717, 1.165) is 31.6 Å². The van der Waals surface area contributed by atoms with Gasteiger partial charge in [0.25, 0.3) is 0 Å². The van der Waals surface area contributed by atoms with Gasteiger partial charge in [0.2, 0.25) is 0 Å². The zero-order chi connectivity index (χ0) is 11.3. The van der Waals surface area contributed by atoms with Gasteiger partial charge in [0.15, 0.2) is 5.78 Å². The first-order valence-electron chi connectivity index (χ1n) is 5.92. The zero-order valence-electron chi connectivity index (χ0n) is 9.76. The molecule has 86 valence electrons. The molecule has 1 nitrogen and oxygen atoms in total. The lowest BCUT2D eigenvalue weighted by Gasteiger charge is -2.08. The third-order valence-electron chi connectivity index (χ3n) is 2.99. The fraction of sp³-hybridized carbons (Fsp3) is 0.769. The molecule has 0 saturated carbocycles. The van der Waals surface area contributed by atoms with Crippen LogP contribution in [0.25, 0.3) is 0 Å². The van der Waals surface area contributed by atoms with Gasteiger partial charge in [0.1, 0.15) is 0 Å². The second kappa shape index (κ2) is 6.32.